The molecule has 0 spiro atoms. The van der Waals surface area contributed by atoms with Gasteiger partial charge in [-0.15, -0.1) is 0 Å². The second-order valence-corrected chi connectivity index (χ2v) is 5.14. The molecule has 1 aromatic heterocycles. The van der Waals surface area contributed by atoms with Crippen molar-refractivity contribution in [2.45, 2.75) is 0 Å². The molecule has 0 aliphatic heterocycles. The Morgan fingerprint density at radius 2 is 1.86 bits per heavy atom. The van der Waals surface area contributed by atoms with E-state index in [1.165, 1.54) is 11.8 Å². The van der Waals surface area contributed by atoms with Gasteiger partial charge in [-0.2, -0.15) is 0 Å². The van der Waals surface area contributed by atoms with Gasteiger partial charge in [-0.25, -0.2) is 0 Å². The summed E-state index contributed by atoms with van der Waals surface area (Å²) in [5.74, 6) is 0. The van der Waals surface area contributed by atoms with Gasteiger partial charge in [0.05, 0.1) is 11.4 Å². The number of thiol groups is 1. The van der Waals surface area contributed by atoms with Crippen molar-refractivity contribution in [3.8, 4) is 0 Å². The van der Waals surface area contributed by atoms with Gasteiger partial charge in [-0.05, 0) is 18.4 Å². The summed E-state index contributed by atoms with van der Waals surface area (Å²) < 4.78 is 0.615. The van der Waals surface area contributed by atoms with Crippen LogP contribution in [0.3, 0.4) is 0 Å². The molecule has 0 radical (unpaired) electrons. The van der Waals surface area contributed by atoms with E-state index in [9.17, 15) is 0 Å². The Morgan fingerprint density at radius 3 is 2.43 bits per heavy atom. The van der Waals surface area contributed by atoms with Crippen LogP contribution < -0.4 is 0 Å². The van der Waals surface area contributed by atoms with E-state index in [1.807, 2.05) is 54.8 Å². The predicted octanol–water partition coefficient (Wildman–Crippen LogP) is 3.62. The van der Waals surface area contributed by atoms with Crippen LogP contribution in [-0.2, 0) is 26.8 Å². The molecule has 2 rings (SSSR count). The van der Waals surface area contributed by atoms with E-state index < -0.39 is 0 Å². The fourth-order valence-corrected chi connectivity index (χ4v) is 1.66. The van der Waals surface area contributed by atoms with Crippen molar-refractivity contribution >= 4 is 44.2 Å². The average Bonchev–Trinajstić information content (AvgIpc) is 2.58. The number of hydrogen-bond acceptors (Lipinski definition) is 3. The molecule has 1 aromatic carbocycles. The van der Waals surface area contributed by atoms with Crippen molar-refractivity contribution in [1.82, 2.24) is 4.98 Å². The first-order valence-corrected chi connectivity index (χ1v) is 8.81. The molecule has 7 heteroatoms. The van der Waals surface area contributed by atoms with Gasteiger partial charge in [-0.3, -0.25) is 4.98 Å². The van der Waals surface area contributed by atoms with Crippen molar-refractivity contribution in [3.63, 3.8) is 0 Å². The quantitative estimate of drug-likeness (QED) is 0.203. The van der Waals surface area contributed by atoms with Gasteiger partial charge in [0.2, 0.25) is 0 Å². The van der Waals surface area contributed by atoms with Crippen molar-refractivity contribution < 1.29 is 14.6 Å². The molecular formula is C14H13ClN3NiS2. The zero-order valence-corrected chi connectivity index (χ0v) is 14.5. The summed E-state index contributed by atoms with van der Waals surface area (Å²) >= 11 is 9.01. The van der Waals surface area contributed by atoms with E-state index in [0.29, 0.717) is 4.32 Å². The standard InChI is InChI=1S/C14H13N3S2.ClH.Ni/c1-19-14(18)17-16-13(11-7-3-2-4-8-11)12-9-5-6-10-15-12;;/h2-10H,1H3,(H,15,17,18);1H;/q;;+1/p-1. The van der Waals surface area contributed by atoms with Gasteiger partial charge in [0.1, 0.15) is 0 Å². The van der Waals surface area contributed by atoms with Crippen LogP contribution in [0.1, 0.15) is 11.3 Å². The van der Waals surface area contributed by atoms with E-state index in [1.54, 1.807) is 6.20 Å². The normalized spacial score (nSPS) is 10.4. The minimum absolute atomic E-state index is 0.615. The average molecular weight is 382 g/mol. The van der Waals surface area contributed by atoms with Gasteiger partial charge >= 0.3 is 24.8 Å². The molecule has 0 aliphatic carbocycles. The maximum absolute atomic E-state index is 4.33. The van der Waals surface area contributed by atoms with Crippen molar-refractivity contribution in [2.24, 2.45) is 5.10 Å². The van der Waals surface area contributed by atoms with Crippen LogP contribution >= 0.6 is 22.0 Å². The molecule has 0 fully saturated rings. The minimum atomic E-state index is 0.615. The van der Waals surface area contributed by atoms with Crippen molar-refractivity contribution in [1.29, 1.82) is 0 Å². The molecule has 0 saturated heterocycles. The van der Waals surface area contributed by atoms with Gasteiger partial charge < -0.3 is 10.5 Å². The van der Waals surface area contributed by atoms with E-state index in [-0.39, 0.29) is 0 Å². The molecule has 0 N–H and O–H groups in total. The van der Waals surface area contributed by atoms with E-state index in [2.05, 4.69) is 52.5 Å². The van der Waals surface area contributed by atoms with Crippen LogP contribution in [0.5, 0.6) is 0 Å². The first-order chi connectivity index (χ1) is 10.3. The molecule has 0 aliphatic rings. The Bertz CT molecular complexity index is 538. The summed E-state index contributed by atoms with van der Waals surface area (Å²) in [4.78, 5) is 4.33. The second-order valence-electron chi connectivity index (χ2n) is 3.62. The molecule has 0 amide bonds. The zero-order valence-electron chi connectivity index (χ0n) is 11.1. The fourth-order valence-electron chi connectivity index (χ4n) is 1.49. The number of nitrogens with zero attached hydrogens (tertiary/aromatic N) is 3. The summed E-state index contributed by atoms with van der Waals surface area (Å²) in [6.45, 7) is 0. The summed E-state index contributed by atoms with van der Waals surface area (Å²) in [6, 6.07) is 15.6. The van der Waals surface area contributed by atoms with Crippen molar-refractivity contribution in [2.75, 3.05) is 6.26 Å². The number of pyridine rings is 1. The molecule has 0 unspecified atom stereocenters. The number of hydrogen-bond donors (Lipinski definition) is 0. The number of aromatic nitrogens is 1. The Balaban J connectivity index is 0.00000106. The first-order valence-electron chi connectivity index (χ1n) is 5.78. The Labute approximate surface area is 146 Å². The Kier molecular flexibility index (Phi) is 9.27. The van der Waals surface area contributed by atoms with E-state index >= 15 is 0 Å². The van der Waals surface area contributed by atoms with Crippen LogP contribution in [0.4, 0.5) is 0 Å². The van der Waals surface area contributed by atoms with Crippen LogP contribution in [0.2, 0.25) is 0 Å². The van der Waals surface area contributed by atoms with Gasteiger partial charge in [-0.1, -0.05) is 48.2 Å². The molecule has 0 bridgehead atoms. The molecule has 3 nitrogen and oxygen atoms in total. The Morgan fingerprint density at radius 1 is 1.19 bits per heavy atom. The summed E-state index contributed by atoms with van der Waals surface area (Å²) in [6.07, 6.45) is 3.65. The molecule has 113 valence electrons. The zero-order chi connectivity index (χ0) is 15.5. The number of benzene rings is 1. The third kappa shape index (κ3) is 6.14. The summed E-state index contributed by atoms with van der Waals surface area (Å²) in [5.41, 5.74) is 6.60. The number of thioether (sulfide) groups is 1. The monoisotopic (exact) mass is 380 g/mol. The molecule has 21 heavy (non-hydrogen) atoms. The Hall–Kier alpha value is -0.936. The molecule has 2 aromatic rings. The third-order valence-electron chi connectivity index (χ3n) is 2.37. The van der Waals surface area contributed by atoms with Crippen LogP contribution in [0, 0.1) is 0 Å². The number of halogens is 1. The van der Waals surface area contributed by atoms with Crippen LogP contribution in [-0.4, -0.2) is 21.3 Å². The van der Waals surface area contributed by atoms with Gasteiger partial charge in [0.25, 0.3) is 0 Å². The van der Waals surface area contributed by atoms with E-state index in [0.717, 1.165) is 17.0 Å². The fraction of sp³-hybridized carbons (Fsp3) is 0.0714. The van der Waals surface area contributed by atoms with Crippen LogP contribution in [0.25, 0.3) is 5.43 Å². The first kappa shape index (κ1) is 18.1. The third-order valence-corrected chi connectivity index (χ3v) is 3.46. The summed E-state index contributed by atoms with van der Waals surface area (Å²) in [5, 5.41) is 4.28. The molecular weight excluding hydrogens is 368 g/mol. The van der Waals surface area contributed by atoms with Crippen molar-refractivity contribution in [3.05, 3.63) is 71.4 Å². The molecule has 0 saturated carbocycles. The number of rotatable bonds is 3. The molecule has 0 atom stereocenters. The summed E-state index contributed by atoms with van der Waals surface area (Å²) in [7, 11) is 4.26. The predicted molar refractivity (Wildman–Crippen MR) is 92.8 cm³/mol. The van der Waals surface area contributed by atoms with Gasteiger partial charge in [0.15, 0.2) is 16.5 Å². The SMILES string of the molecule is CSC(=[SH+])[N-]N=C(c1ccccc1)c1ccccn1.[Cl][Ni]. The second kappa shape index (κ2) is 10.7. The maximum atomic E-state index is 4.33. The topological polar surface area (TPSA) is 39.4 Å². The molecule has 1 heterocycles. The van der Waals surface area contributed by atoms with Crippen LogP contribution in [0.15, 0.2) is 59.8 Å². The van der Waals surface area contributed by atoms with Gasteiger partial charge in [0, 0.05) is 11.8 Å². The van der Waals surface area contributed by atoms with E-state index in [4.69, 9.17) is 0 Å².